The molecule has 1 aliphatic heterocycles. The second-order valence-corrected chi connectivity index (χ2v) is 3.52. The highest BCUT2D eigenvalue weighted by atomic mass is 16.6. The van der Waals surface area contributed by atoms with Crippen molar-refractivity contribution in [1.82, 2.24) is 0 Å². The van der Waals surface area contributed by atoms with E-state index in [1.807, 2.05) is 0 Å². The molecular weight excluding hydrogens is 230 g/mol. The molecule has 0 saturated carbocycles. The average Bonchev–Trinajstić information content (AvgIpc) is 2.22. The number of carboxylic acid groups (broad SMARTS) is 1. The fraction of sp³-hybridized carbons (Fsp3) is 0.300. The summed E-state index contributed by atoms with van der Waals surface area (Å²) in [6.07, 6.45) is -0.241. The van der Waals surface area contributed by atoms with Crippen molar-refractivity contribution in [1.29, 1.82) is 0 Å². The lowest BCUT2D eigenvalue weighted by atomic mass is 10.1. The molecule has 1 N–H and O–H groups in total. The van der Waals surface area contributed by atoms with Crippen LogP contribution in [0, 0.1) is 10.1 Å². The Morgan fingerprint density at radius 1 is 1.53 bits per heavy atom. The summed E-state index contributed by atoms with van der Waals surface area (Å²) in [6.45, 7) is 0.726. The third-order valence-corrected chi connectivity index (χ3v) is 2.31. The van der Waals surface area contributed by atoms with Crippen LogP contribution in [0.2, 0.25) is 0 Å². The van der Waals surface area contributed by atoms with E-state index in [9.17, 15) is 14.9 Å². The van der Waals surface area contributed by atoms with Crippen LogP contribution in [0.5, 0.6) is 5.75 Å². The Labute approximate surface area is 95.7 Å². The van der Waals surface area contributed by atoms with E-state index in [0.717, 1.165) is 18.2 Å². The molecule has 2 rings (SSSR count). The predicted octanol–water partition coefficient (Wildman–Crippen LogP) is 1.07. The first-order chi connectivity index (χ1) is 8.08. The smallest absolute Gasteiger partial charge is 0.339 e. The van der Waals surface area contributed by atoms with Gasteiger partial charge in [0, 0.05) is 6.07 Å². The summed E-state index contributed by atoms with van der Waals surface area (Å²) in [5, 5.41) is 19.5. The number of non-ortho nitro benzene ring substituents is 1. The van der Waals surface area contributed by atoms with Gasteiger partial charge in [0.25, 0.3) is 5.69 Å². The molecule has 1 fully saturated rings. The molecule has 0 aliphatic carbocycles. The largest absolute Gasteiger partial charge is 0.484 e. The van der Waals surface area contributed by atoms with E-state index in [1.165, 1.54) is 0 Å². The van der Waals surface area contributed by atoms with Gasteiger partial charge in [-0.25, -0.2) is 4.79 Å². The molecule has 1 aromatic rings. The van der Waals surface area contributed by atoms with Crippen molar-refractivity contribution in [3.63, 3.8) is 0 Å². The molecule has 0 amide bonds. The number of ether oxygens (including phenoxy) is 2. The second-order valence-electron chi connectivity index (χ2n) is 3.52. The van der Waals surface area contributed by atoms with Crippen LogP contribution < -0.4 is 4.74 Å². The maximum absolute atomic E-state index is 10.9. The summed E-state index contributed by atoms with van der Waals surface area (Å²) in [5.41, 5.74) is -0.298. The van der Waals surface area contributed by atoms with Gasteiger partial charge in [-0.05, 0) is 6.07 Å². The number of hydrogen-bond donors (Lipinski definition) is 1. The molecule has 1 saturated heterocycles. The molecule has 0 spiro atoms. The van der Waals surface area contributed by atoms with Gasteiger partial charge in [0.15, 0.2) is 0 Å². The van der Waals surface area contributed by atoms with Crippen molar-refractivity contribution in [2.45, 2.75) is 6.10 Å². The number of aromatic carboxylic acids is 1. The van der Waals surface area contributed by atoms with E-state index in [0.29, 0.717) is 13.2 Å². The van der Waals surface area contributed by atoms with Crippen LogP contribution in [0.25, 0.3) is 0 Å². The van der Waals surface area contributed by atoms with Gasteiger partial charge >= 0.3 is 5.97 Å². The number of benzene rings is 1. The average molecular weight is 239 g/mol. The second kappa shape index (κ2) is 4.38. The van der Waals surface area contributed by atoms with Crippen molar-refractivity contribution in [3.05, 3.63) is 33.9 Å². The highest BCUT2D eigenvalue weighted by Gasteiger charge is 2.24. The number of nitro benzene ring substituents is 1. The van der Waals surface area contributed by atoms with Gasteiger partial charge in [-0.1, -0.05) is 0 Å². The van der Waals surface area contributed by atoms with E-state index in [2.05, 4.69) is 0 Å². The quantitative estimate of drug-likeness (QED) is 0.623. The lowest BCUT2D eigenvalue weighted by Gasteiger charge is -2.27. The first kappa shape index (κ1) is 11.3. The summed E-state index contributed by atoms with van der Waals surface area (Å²) < 4.78 is 10.2. The molecule has 0 aromatic heterocycles. The molecule has 0 radical (unpaired) electrons. The maximum atomic E-state index is 10.9. The normalized spacial score (nSPS) is 15.1. The van der Waals surface area contributed by atoms with Crippen molar-refractivity contribution >= 4 is 11.7 Å². The summed E-state index contributed by atoms with van der Waals surface area (Å²) in [6, 6.07) is 3.41. The van der Waals surface area contributed by atoms with Gasteiger partial charge in [-0.2, -0.15) is 0 Å². The first-order valence-electron chi connectivity index (χ1n) is 4.84. The molecular formula is C10H9NO6. The Morgan fingerprint density at radius 2 is 2.24 bits per heavy atom. The van der Waals surface area contributed by atoms with E-state index >= 15 is 0 Å². The van der Waals surface area contributed by atoms with E-state index < -0.39 is 10.9 Å². The SMILES string of the molecule is O=C(O)c1ccc([N+](=O)[O-])cc1OC1COC1. The van der Waals surface area contributed by atoms with Gasteiger partial charge < -0.3 is 14.6 Å². The number of hydrogen-bond acceptors (Lipinski definition) is 5. The Kier molecular flexibility index (Phi) is 2.92. The van der Waals surface area contributed by atoms with E-state index in [1.54, 1.807) is 0 Å². The summed E-state index contributed by atoms with van der Waals surface area (Å²) >= 11 is 0. The van der Waals surface area contributed by atoms with Gasteiger partial charge in [-0.3, -0.25) is 10.1 Å². The van der Waals surface area contributed by atoms with Crippen LogP contribution in [0.3, 0.4) is 0 Å². The standard InChI is InChI=1S/C10H9NO6/c12-10(13)8-2-1-6(11(14)15)3-9(8)17-7-4-16-5-7/h1-3,7H,4-5H2,(H,12,13). The molecule has 0 unspecified atom stereocenters. The van der Waals surface area contributed by atoms with E-state index in [-0.39, 0.29) is 23.1 Å². The molecule has 7 nitrogen and oxygen atoms in total. The van der Waals surface area contributed by atoms with Crippen LogP contribution in [-0.2, 0) is 4.74 Å². The lowest BCUT2D eigenvalue weighted by Crippen LogP contribution is -2.38. The van der Waals surface area contributed by atoms with Crippen molar-refractivity contribution in [3.8, 4) is 5.75 Å². The minimum Gasteiger partial charge on any atom is -0.484 e. The fourth-order valence-corrected chi connectivity index (χ4v) is 1.36. The third-order valence-electron chi connectivity index (χ3n) is 2.31. The first-order valence-corrected chi connectivity index (χ1v) is 4.84. The Bertz CT molecular complexity index is 468. The lowest BCUT2D eigenvalue weighted by molar-refractivity contribution is -0.385. The molecule has 90 valence electrons. The van der Waals surface area contributed by atoms with Crippen molar-refractivity contribution < 1.29 is 24.3 Å². The van der Waals surface area contributed by atoms with Gasteiger partial charge in [-0.15, -0.1) is 0 Å². The zero-order chi connectivity index (χ0) is 12.4. The highest BCUT2D eigenvalue weighted by Crippen LogP contribution is 2.27. The number of rotatable bonds is 4. The summed E-state index contributed by atoms with van der Waals surface area (Å²) in [5.74, 6) is -1.19. The number of nitrogens with zero attached hydrogens (tertiary/aromatic N) is 1. The Hall–Kier alpha value is -2.15. The fourth-order valence-electron chi connectivity index (χ4n) is 1.36. The molecule has 1 heterocycles. The van der Waals surface area contributed by atoms with Crippen molar-refractivity contribution in [2.75, 3.05) is 13.2 Å². The molecule has 7 heteroatoms. The van der Waals surface area contributed by atoms with Crippen LogP contribution in [0.4, 0.5) is 5.69 Å². The van der Waals surface area contributed by atoms with Crippen LogP contribution in [0.1, 0.15) is 10.4 Å². The Balaban J connectivity index is 2.32. The van der Waals surface area contributed by atoms with Crippen molar-refractivity contribution in [2.24, 2.45) is 0 Å². The zero-order valence-corrected chi connectivity index (χ0v) is 8.66. The molecule has 1 aromatic carbocycles. The van der Waals surface area contributed by atoms with Gasteiger partial charge in [0.05, 0.1) is 24.2 Å². The van der Waals surface area contributed by atoms with Crippen LogP contribution in [-0.4, -0.2) is 35.3 Å². The zero-order valence-electron chi connectivity index (χ0n) is 8.66. The molecule has 0 bridgehead atoms. The maximum Gasteiger partial charge on any atom is 0.339 e. The molecule has 0 atom stereocenters. The topological polar surface area (TPSA) is 98.9 Å². The van der Waals surface area contributed by atoms with Crippen LogP contribution in [0.15, 0.2) is 18.2 Å². The Morgan fingerprint density at radius 3 is 2.71 bits per heavy atom. The molecule has 1 aliphatic rings. The number of carbonyl (C=O) groups is 1. The van der Waals surface area contributed by atoms with Gasteiger partial charge in [0.1, 0.15) is 17.4 Å². The number of carboxylic acids is 1. The number of nitro groups is 1. The predicted molar refractivity (Wildman–Crippen MR) is 55.3 cm³/mol. The minimum atomic E-state index is -1.19. The minimum absolute atomic E-state index is 0.000000000000000444. The van der Waals surface area contributed by atoms with Gasteiger partial charge in [0.2, 0.25) is 0 Å². The molecule has 17 heavy (non-hydrogen) atoms. The third kappa shape index (κ3) is 2.34. The summed E-state index contributed by atoms with van der Waals surface area (Å²) in [4.78, 5) is 20.9. The monoisotopic (exact) mass is 239 g/mol. The van der Waals surface area contributed by atoms with E-state index in [4.69, 9.17) is 14.6 Å². The van der Waals surface area contributed by atoms with Crippen LogP contribution >= 0.6 is 0 Å². The summed E-state index contributed by atoms with van der Waals surface area (Å²) in [7, 11) is 0. The highest BCUT2D eigenvalue weighted by molar-refractivity contribution is 5.91.